The molecule has 2 aromatic carbocycles. The molecule has 0 spiro atoms. The zero-order valence-corrected chi connectivity index (χ0v) is 18.4. The Hall–Kier alpha value is -3.88. The topological polar surface area (TPSA) is 107 Å². The third-order valence-corrected chi connectivity index (χ3v) is 5.37. The maximum absolute atomic E-state index is 12.5. The number of aromatic nitrogens is 3. The first-order chi connectivity index (χ1) is 15.4. The van der Waals surface area contributed by atoms with Crippen LogP contribution in [0.5, 0.6) is 11.5 Å². The molecule has 0 saturated heterocycles. The second-order valence-corrected chi connectivity index (χ2v) is 7.82. The van der Waals surface area contributed by atoms with Crippen molar-refractivity contribution in [2.75, 3.05) is 24.4 Å². The van der Waals surface area contributed by atoms with Crippen molar-refractivity contribution in [2.24, 2.45) is 0 Å². The van der Waals surface area contributed by atoms with Gasteiger partial charge in [0.25, 0.3) is 5.91 Å². The smallest absolute Gasteiger partial charge is 0.262 e. The van der Waals surface area contributed by atoms with Crippen molar-refractivity contribution in [3.8, 4) is 11.5 Å². The van der Waals surface area contributed by atoms with Crippen LogP contribution in [0.1, 0.15) is 34.7 Å². The summed E-state index contributed by atoms with van der Waals surface area (Å²) in [6.45, 7) is 5.78. The fourth-order valence-electron chi connectivity index (χ4n) is 3.97. The highest BCUT2D eigenvalue weighted by atomic mass is 16.5. The van der Waals surface area contributed by atoms with Crippen molar-refractivity contribution in [3.63, 3.8) is 0 Å². The van der Waals surface area contributed by atoms with Crippen LogP contribution in [-0.4, -0.2) is 40.3 Å². The van der Waals surface area contributed by atoms with E-state index in [1.807, 2.05) is 39.0 Å². The molecule has 0 saturated carbocycles. The lowest BCUT2D eigenvalue weighted by molar-refractivity contribution is -0.118. The van der Waals surface area contributed by atoms with Crippen LogP contribution in [0.2, 0.25) is 0 Å². The van der Waals surface area contributed by atoms with Gasteiger partial charge >= 0.3 is 0 Å². The molecule has 1 aromatic heterocycles. The second kappa shape index (κ2) is 8.70. The highest BCUT2D eigenvalue weighted by Gasteiger charge is 2.28. The maximum Gasteiger partial charge on any atom is 0.262 e. The lowest BCUT2D eigenvalue weighted by Crippen LogP contribution is -2.29. The lowest BCUT2D eigenvalue weighted by atomic mass is 10.0. The number of hydrogen-bond acceptors (Lipinski definition) is 6. The molecule has 1 aliphatic rings. The van der Waals surface area contributed by atoms with Gasteiger partial charge in [0.15, 0.2) is 18.1 Å². The number of carbonyl (C=O) groups is 2. The average molecular weight is 435 g/mol. The third-order valence-electron chi connectivity index (χ3n) is 5.37. The van der Waals surface area contributed by atoms with Crippen LogP contribution in [0.25, 0.3) is 0 Å². The van der Waals surface area contributed by atoms with Crippen LogP contribution >= 0.6 is 0 Å². The molecule has 1 aliphatic heterocycles. The number of benzene rings is 2. The summed E-state index contributed by atoms with van der Waals surface area (Å²) in [6, 6.07) is 9.09. The van der Waals surface area contributed by atoms with Crippen LogP contribution in [-0.2, 0) is 9.59 Å². The van der Waals surface area contributed by atoms with Crippen LogP contribution < -0.4 is 20.1 Å². The summed E-state index contributed by atoms with van der Waals surface area (Å²) in [5, 5.41) is 9.83. The Morgan fingerprint density at radius 1 is 1.19 bits per heavy atom. The maximum atomic E-state index is 12.5. The molecular weight excluding hydrogens is 410 g/mol. The molecule has 2 N–H and O–H groups in total. The van der Waals surface area contributed by atoms with Gasteiger partial charge in [0, 0.05) is 5.69 Å². The summed E-state index contributed by atoms with van der Waals surface area (Å²) in [5.41, 5.74) is 4.77. The number of amides is 2. The van der Waals surface area contributed by atoms with Gasteiger partial charge in [-0.25, -0.2) is 4.68 Å². The Bertz CT molecular complexity index is 1160. The minimum absolute atomic E-state index is 0.131. The molecule has 9 heteroatoms. The SMILES string of the molecule is COc1cc([C@@H]2CC(=O)Nc3ncnn32)ccc1OCC(=O)Nc1c(C)cc(C)cc1C. The highest BCUT2D eigenvalue weighted by Crippen LogP contribution is 2.35. The zero-order chi connectivity index (χ0) is 22.8. The number of carbonyl (C=O) groups excluding carboxylic acids is 2. The molecule has 0 aliphatic carbocycles. The van der Waals surface area contributed by atoms with Crippen LogP contribution in [0.3, 0.4) is 0 Å². The van der Waals surface area contributed by atoms with E-state index < -0.39 is 0 Å². The number of fused-ring (bicyclic) bond motifs is 1. The summed E-state index contributed by atoms with van der Waals surface area (Å²) < 4.78 is 12.9. The van der Waals surface area contributed by atoms with Gasteiger partial charge in [-0.05, 0) is 49.6 Å². The first-order valence-electron chi connectivity index (χ1n) is 10.2. The van der Waals surface area contributed by atoms with Gasteiger partial charge in [0.05, 0.1) is 19.6 Å². The van der Waals surface area contributed by atoms with Crippen molar-refractivity contribution in [1.82, 2.24) is 14.8 Å². The third kappa shape index (κ3) is 4.27. The zero-order valence-electron chi connectivity index (χ0n) is 18.4. The van der Waals surface area contributed by atoms with E-state index in [0.717, 1.165) is 27.9 Å². The first-order valence-corrected chi connectivity index (χ1v) is 10.2. The Labute approximate surface area is 185 Å². The molecule has 4 rings (SSSR count). The number of rotatable bonds is 6. The molecule has 0 unspecified atom stereocenters. The summed E-state index contributed by atoms with van der Waals surface area (Å²) in [5.74, 6) is 0.910. The second-order valence-electron chi connectivity index (χ2n) is 7.82. The van der Waals surface area contributed by atoms with E-state index in [1.165, 1.54) is 13.4 Å². The van der Waals surface area contributed by atoms with E-state index in [4.69, 9.17) is 9.47 Å². The van der Waals surface area contributed by atoms with E-state index >= 15 is 0 Å². The summed E-state index contributed by atoms with van der Waals surface area (Å²) >= 11 is 0. The number of nitrogens with one attached hydrogen (secondary N) is 2. The van der Waals surface area contributed by atoms with Gasteiger partial charge in [-0.15, -0.1) is 0 Å². The normalized spacial score (nSPS) is 15.0. The summed E-state index contributed by atoms with van der Waals surface area (Å²) in [4.78, 5) is 28.6. The lowest BCUT2D eigenvalue weighted by Gasteiger charge is -2.24. The predicted molar refractivity (Wildman–Crippen MR) is 119 cm³/mol. The average Bonchev–Trinajstić information content (AvgIpc) is 3.22. The highest BCUT2D eigenvalue weighted by molar-refractivity contribution is 5.93. The molecular formula is C23H25N5O4. The van der Waals surface area contributed by atoms with Gasteiger partial charge in [-0.2, -0.15) is 10.1 Å². The summed E-state index contributed by atoms with van der Waals surface area (Å²) in [7, 11) is 1.53. The van der Waals surface area contributed by atoms with E-state index in [9.17, 15) is 9.59 Å². The minimum Gasteiger partial charge on any atom is -0.493 e. The molecule has 1 atom stereocenters. The number of anilines is 2. The van der Waals surface area contributed by atoms with Gasteiger partial charge in [-0.3, -0.25) is 14.9 Å². The molecule has 2 heterocycles. The van der Waals surface area contributed by atoms with E-state index in [0.29, 0.717) is 17.4 Å². The standard InChI is InChI=1S/C23H25N5O4/c1-13-7-14(2)22(15(3)8-13)26-21(30)11-32-18-6-5-16(9-19(18)31-4)17-10-20(29)27-23-24-12-25-28(17)23/h5-9,12,17H,10-11H2,1-4H3,(H,26,30)(H,24,25,27,29)/t17-/m0/s1. The van der Waals surface area contributed by atoms with Crippen LogP contribution in [0.15, 0.2) is 36.7 Å². The Morgan fingerprint density at radius 2 is 1.94 bits per heavy atom. The van der Waals surface area contributed by atoms with Crippen molar-refractivity contribution in [2.45, 2.75) is 33.2 Å². The quantitative estimate of drug-likeness (QED) is 0.616. The van der Waals surface area contributed by atoms with Gasteiger partial charge < -0.3 is 14.8 Å². The van der Waals surface area contributed by atoms with Crippen molar-refractivity contribution < 1.29 is 19.1 Å². The molecule has 0 bridgehead atoms. The van der Waals surface area contributed by atoms with E-state index in [-0.39, 0.29) is 30.9 Å². The number of methoxy groups -OCH3 is 1. The first kappa shape index (κ1) is 21.4. The predicted octanol–water partition coefficient (Wildman–Crippen LogP) is 3.16. The fourth-order valence-corrected chi connectivity index (χ4v) is 3.97. The minimum atomic E-state index is -0.306. The molecule has 0 fully saturated rings. The Kier molecular flexibility index (Phi) is 5.81. The molecule has 9 nitrogen and oxygen atoms in total. The molecule has 166 valence electrons. The van der Waals surface area contributed by atoms with Gasteiger partial charge in [0.1, 0.15) is 6.33 Å². The molecule has 2 amide bonds. The monoisotopic (exact) mass is 435 g/mol. The van der Waals surface area contributed by atoms with Crippen LogP contribution in [0, 0.1) is 20.8 Å². The number of hydrogen-bond donors (Lipinski definition) is 2. The molecule has 0 radical (unpaired) electrons. The largest absolute Gasteiger partial charge is 0.493 e. The van der Waals surface area contributed by atoms with E-state index in [2.05, 4.69) is 20.7 Å². The fraction of sp³-hybridized carbons (Fsp3) is 0.304. The number of nitrogens with zero attached hydrogens (tertiary/aromatic N) is 3. The van der Waals surface area contributed by atoms with Crippen molar-refractivity contribution >= 4 is 23.5 Å². The number of aryl methyl sites for hydroxylation is 3. The van der Waals surface area contributed by atoms with Gasteiger partial charge in [-0.1, -0.05) is 23.8 Å². The molecule has 3 aromatic rings. The van der Waals surface area contributed by atoms with Crippen LogP contribution in [0.4, 0.5) is 11.6 Å². The van der Waals surface area contributed by atoms with Crippen molar-refractivity contribution in [3.05, 3.63) is 58.9 Å². The summed E-state index contributed by atoms with van der Waals surface area (Å²) in [6.07, 6.45) is 1.64. The molecule has 32 heavy (non-hydrogen) atoms. The van der Waals surface area contributed by atoms with E-state index in [1.54, 1.807) is 16.8 Å². The number of ether oxygens (including phenoxy) is 2. The Balaban J connectivity index is 1.48. The van der Waals surface area contributed by atoms with Gasteiger partial charge in [0.2, 0.25) is 11.9 Å². The Morgan fingerprint density at radius 3 is 2.66 bits per heavy atom. The van der Waals surface area contributed by atoms with Crippen molar-refractivity contribution in [1.29, 1.82) is 0 Å².